The minimum absolute atomic E-state index is 0.154. The van der Waals surface area contributed by atoms with Gasteiger partial charge in [-0.3, -0.25) is 0 Å². The second-order valence-electron chi connectivity index (χ2n) is 3.06. The Balaban J connectivity index is 2.83. The monoisotopic (exact) mass is 265 g/mol. The zero-order chi connectivity index (χ0) is 12.8. The third-order valence-corrected chi connectivity index (χ3v) is 2.20. The third kappa shape index (κ3) is 1.91. The summed E-state index contributed by atoms with van der Waals surface area (Å²) in [7, 11) is 0. The van der Waals surface area contributed by atoms with E-state index in [4.69, 9.17) is 16.7 Å². The molecule has 9 heteroatoms. The van der Waals surface area contributed by atoms with Crippen LogP contribution < -0.4 is 0 Å². The van der Waals surface area contributed by atoms with Crippen LogP contribution in [0.15, 0.2) is 12.3 Å². The highest BCUT2D eigenvalue weighted by atomic mass is 35.5. The van der Waals surface area contributed by atoms with Crippen LogP contribution in [0, 0.1) is 0 Å². The first-order chi connectivity index (χ1) is 7.80. The minimum Gasteiger partial charge on any atom is -0.477 e. The van der Waals surface area contributed by atoms with Gasteiger partial charge in [0.05, 0.1) is 6.20 Å². The smallest absolute Gasteiger partial charge is 0.433 e. The molecule has 0 saturated carbocycles. The van der Waals surface area contributed by atoms with Crippen LogP contribution in [0.5, 0.6) is 0 Å². The summed E-state index contributed by atoms with van der Waals surface area (Å²) >= 11 is 5.57. The average molecular weight is 266 g/mol. The first-order valence-electron chi connectivity index (χ1n) is 4.15. The third-order valence-electron chi connectivity index (χ3n) is 1.94. The molecule has 17 heavy (non-hydrogen) atoms. The second-order valence-corrected chi connectivity index (χ2v) is 3.46. The Kier molecular flexibility index (Phi) is 2.46. The summed E-state index contributed by atoms with van der Waals surface area (Å²) in [6.45, 7) is 0. The highest BCUT2D eigenvalue weighted by molar-refractivity contribution is 6.33. The van der Waals surface area contributed by atoms with E-state index in [1.54, 1.807) is 0 Å². The summed E-state index contributed by atoms with van der Waals surface area (Å²) < 4.78 is 38.1. The van der Waals surface area contributed by atoms with Gasteiger partial charge in [0.15, 0.2) is 11.3 Å². The molecule has 0 atom stereocenters. The van der Waals surface area contributed by atoms with E-state index >= 15 is 0 Å². The maximum atomic E-state index is 12.5. The van der Waals surface area contributed by atoms with E-state index in [0.717, 1.165) is 10.7 Å². The lowest BCUT2D eigenvalue weighted by Crippen LogP contribution is -2.14. The largest absolute Gasteiger partial charge is 0.477 e. The van der Waals surface area contributed by atoms with Crippen LogP contribution in [0.4, 0.5) is 13.2 Å². The van der Waals surface area contributed by atoms with Gasteiger partial charge in [-0.1, -0.05) is 11.6 Å². The highest BCUT2D eigenvalue weighted by Gasteiger charge is 2.34. The van der Waals surface area contributed by atoms with E-state index in [1.807, 2.05) is 0 Å². The van der Waals surface area contributed by atoms with Crippen molar-refractivity contribution in [1.29, 1.82) is 0 Å². The van der Waals surface area contributed by atoms with E-state index < -0.39 is 23.5 Å². The van der Waals surface area contributed by atoms with Crippen molar-refractivity contribution in [2.75, 3.05) is 0 Å². The number of fused-ring (bicyclic) bond motifs is 1. The van der Waals surface area contributed by atoms with Crippen molar-refractivity contribution in [3.63, 3.8) is 0 Å². The topological polar surface area (TPSA) is 67.5 Å². The van der Waals surface area contributed by atoms with Crippen molar-refractivity contribution in [3.05, 3.63) is 28.7 Å². The van der Waals surface area contributed by atoms with Gasteiger partial charge in [0.2, 0.25) is 0 Å². The minimum atomic E-state index is -4.75. The zero-order valence-corrected chi connectivity index (χ0v) is 8.62. The molecule has 1 N–H and O–H groups in total. The second kappa shape index (κ2) is 3.59. The van der Waals surface area contributed by atoms with Gasteiger partial charge in [-0.25, -0.2) is 14.3 Å². The molecule has 0 unspecified atom stereocenters. The number of carbonyl (C=O) groups is 1. The molecule has 0 aliphatic heterocycles. The van der Waals surface area contributed by atoms with Crippen LogP contribution in [0.25, 0.3) is 5.65 Å². The fourth-order valence-corrected chi connectivity index (χ4v) is 1.40. The lowest BCUT2D eigenvalue weighted by atomic mass is 10.3. The highest BCUT2D eigenvalue weighted by Crippen LogP contribution is 2.29. The summed E-state index contributed by atoms with van der Waals surface area (Å²) in [5, 5.41) is 12.2. The Bertz CT molecular complexity index is 608. The van der Waals surface area contributed by atoms with Crippen molar-refractivity contribution in [2.45, 2.75) is 6.18 Å². The number of aromatic nitrogens is 3. The van der Waals surface area contributed by atoms with Gasteiger partial charge in [0.25, 0.3) is 0 Å². The number of hydrogen-bond donors (Lipinski definition) is 1. The molecule has 0 radical (unpaired) electrons. The van der Waals surface area contributed by atoms with Gasteiger partial charge in [0, 0.05) is 6.07 Å². The van der Waals surface area contributed by atoms with E-state index in [2.05, 4.69) is 10.1 Å². The first kappa shape index (κ1) is 11.6. The van der Waals surface area contributed by atoms with Crippen LogP contribution in [-0.4, -0.2) is 25.7 Å². The maximum absolute atomic E-state index is 12.5. The number of nitrogens with zero attached hydrogens (tertiary/aromatic N) is 3. The number of carboxylic acids is 1. The van der Waals surface area contributed by atoms with Gasteiger partial charge < -0.3 is 5.11 Å². The molecule has 0 fully saturated rings. The summed E-state index contributed by atoms with van der Waals surface area (Å²) in [6, 6.07) is 0.401. The number of rotatable bonds is 1. The maximum Gasteiger partial charge on any atom is 0.433 e. The average Bonchev–Trinajstić information content (AvgIpc) is 2.58. The van der Waals surface area contributed by atoms with Crippen LogP contribution in [0.1, 0.15) is 16.2 Å². The molecule has 0 saturated heterocycles. The van der Waals surface area contributed by atoms with Crippen molar-refractivity contribution < 1.29 is 23.1 Å². The van der Waals surface area contributed by atoms with Gasteiger partial charge in [-0.2, -0.15) is 18.3 Å². The Hall–Kier alpha value is -1.83. The predicted molar refractivity (Wildman–Crippen MR) is 50.0 cm³/mol. The van der Waals surface area contributed by atoms with E-state index in [9.17, 15) is 18.0 Å². The van der Waals surface area contributed by atoms with Gasteiger partial charge >= 0.3 is 12.1 Å². The van der Waals surface area contributed by atoms with Crippen LogP contribution in [-0.2, 0) is 6.18 Å². The number of hydrogen-bond acceptors (Lipinski definition) is 3. The van der Waals surface area contributed by atoms with Gasteiger partial charge in [-0.05, 0) is 0 Å². The van der Waals surface area contributed by atoms with Crippen LogP contribution in [0.2, 0.25) is 5.02 Å². The quantitative estimate of drug-likeness (QED) is 0.857. The molecule has 0 amide bonds. The van der Waals surface area contributed by atoms with Crippen molar-refractivity contribution >= 4 is 23.2 Å². The van der Waals surface area contributed by atoms with Crippen molar-refractivity contribution in [2.24, 2.45) is 0 Å². The number of carboxylic acid groups (broad SMARTS) is 1. The summed E-state index contributed by atoms with van der Waals surface area (Å²) in [5.74, 6) is -1.55. The van der Waals surface area contributed by atoms with E-state index in [1.165, 1.54) is 0 Å². The molecular weight excluding hydrogens is 263 g/mol. The SMILES string of the molecule is O=C(O)c1cc(C(F)(F)F)nc2c(Cl)cnn12. The Morgan fingerprint density at radius 3 is 2.65 bits per heavy atom. The molecule has 0 aromatic carbocycles. The van der Waals surface area contributed by atoms with Crippen molar-refractivity contribution in [1.82, 2.24) is 14.6 Å². The standard InChI is InChI=1S/C8H3ClF3N3O2/c9-3-2-13-15-4(7(16)17)1-5(8(10,11)12)14-6(3)15/h1-2H,(H,16,17). The van der Waals surface area contributed by atoms with Gasteiger partial charge in [-0.15, -0.1) is 0 Å². The van der Waals surface area contributed by atoms with Crippen LogP contribution >= 0.6 is 11.6 Å². The molecule has 2 aromatic heterocycles. The molecule has 2 rings (SSSR count). The lowest BCUT2D eigenvalue weighted by Gasteiger charge is -2.07. The summed E-state index contributed by atoms with van der Waals surface area (Å²) in [5.41, 5.74) is -2.34. The first-order valence-corrected chi connectivity index (χ1v) is 4.53. The lowest BCUT2D eigenvalue weighted by molar-refractivity contribution is -0.141. The molecule has 0 spiro atoms. The normalized spacial score (nSPS) is 12.0. The molecule has 90 valence electrons. The van der Waals surface area contributed by atoms with Crippen LogP contribution in [0.3, 0.4) is 0 Å². The Labute approximate surface area is 96.4 Å². The molecule has 0 aliphatic carbocycles. The van der Waals surface area contributed by atoms with Gasteiger partial charge in [0.1, 0.15) is 10.7 Å². The molecule has 2 aromatic rings. The molecular formula is C8H3ClF3N3O2. The summed E-state index contributed by atoms with van der Waals surface area (Å²) in [4.78, 5) is 14.0. The number of aromatic carboxylic acids is 1. The van der Waals surface area contributed by atoms with E-state index in [0.29, 0.717) is 6.07 Å². The fraction of sp³-hybridized carbons (Fsp3) is 0.125. The van der Waals surface area contributed by atoms with E-state index in [-0.39, 0.29) is 10.7 Å². The molecule has 5 nitrogen and oxygen atoms in total. The predicted octanol–water partition coefficient (Wildman–Crippen LogP) is 2.10. The molecule has 0 aliphatic rings. The fourth-order valence-electron chi connectivity index (χ4n) is 1.23. The number of alkyl halides is 3. The number of halogens is 4. The zero-order valence-electron chi connectivity index (χ0n) is 7.86. The van der Waals surface area contributed by atoms with Crippen molar-refractivity contribution in [3.8, 4) is 0 Å². The molecule has 0 bridgehead atoms. The Morgan fingerprint density at radius 2 is 2.12 bits per heavy atom. The summed E-state index contributed by atoms with van der Waals surface area (Å²) in [6.07, 6.45) is -3.73. The molecule has 2 heterocycles. The Morgan fingerprint density at radius 1 is 1.47 bits per heavy atom.